The van der Waals surface area contributed by atoms with Gasteiger partial charge in [-0.05, 0) is 18.2 Å². The fraction of sp³-hybridized carbons (Fsp3) is 0. The summed E-state index contributed by atoms with van der Waals surface area (Å²) >= 11 is 1.15. The molecule has 7 nitrogen and oxygen atoms in total. The van der Waals surface area contributed by atoms with Crippen LogP contribution in [-0.2, 0) is 0 Å². The van der Waals surface area contributed by atoms with Crippen molar-refractivity contribution in [2.75, 3.05) is 5.73 Å². The van der Waals surface area contributed by atoms with Crippen molar-refractivity contribution in [2.24, 2.45) is 0 Å². The smallest absolute Gasteiger partial charge is 0.274 e. The standard InChI is InChI=1S/C11H8N6OS/c12-11-17-16-10(19-11)6-5-8(14-15-9(6)18)7-3-1-2-4-13-7/h1-5H,(H2,12,17)(H,15,18). The van der Waals surface area contributed by atoms with Crippen LogP contribution >= 0.6 is 11.3 Å². The van der Waals surface area contributed by atoms with Crippen molar-refractivity contribution >= 4 is 16.5 Å². The van der Waals surface area contributed by atoms with Gasteiger partial charge in [-0.25, -0.2) is 5.10 Å². The summed E-state index contributed by atoms with van der Waals surface area (Å²) in [6.07, 6.45) is 1.66. The Labute approximate surface area is 111 Å². The van der Waals surface area contributed by atoms with Crippen molar-refractivity contribution in [1.82, 2.24) is 25.4 Å². The summed E-state index contributed by atoms with van der Waals surface area (Å²) in [7, 11) is 0. The highest BCUT2D eigenvalue weighted by atomic mass is 32.1. The maximum atomic E-state index is 11.8. The Balaban J connectivity index is 2.14. The van der Waals surface area contributed by atoms with Gasteiger partial charge in [-0.2, -0.15) is 5.10 Å². The van der Waals surface area contributed by atoms with Gasteiger partial charge in [0.05, 0.1) is 11.3 Å². The summed E-state index contributed by atoms with van der Waals surface area (Å²) in [6.45, 7) is 0. The zero-order valence-electron chi connectivity index (χ0n) is 9.57. The average Bonchev–Trinajstić information content (AvgIpc) is 2.87. The molecular weight excluding hydrogens is 264 g/mol. The molecule has 0 amide bonds. The first-order valence-electron chi connectivity index (χ1n) is 5.34. The molecule has 0 atom stereocenters. The van der Waals surface area contributed by atoms with E-state index in [-0.39, 0.29) is 5.56 Å². The van der Waals surface area contributed by atoms with Crippen LogP contribution in [0.15, 0.2) is 35.3 Å². The molecule has 3 heterocycles. The second-order valence-corrected chi connectivity index (χ2v) is 4.67. The highest BCUT2D eigenvalue weighted by Crippen LogP contribution is 2.23. The molecule has 19 heavy (non-hydrogen) atoms. The fourth-order valence-electron chi connectivity index (χ4n) is 1.55. The number of nitrogens with two attached hydrogens (primary N) is 1. The van der Waals surface area contributed by atoms with E-state index < -0.39 is 0 Å². The minimum Gasteiger partial charge on any atom is -0.374 e. The van der Waals surface area contributed by atoms with Crippen molar-refractivity contribution in [3.63, 3.8) is 0 Å². The van der Waals surface area contributed by atoms with Crippen molar-refractivity contribution in [1.29, 1.82) is 0 Å². The molecule has 3 rings (SSSR count). The Kier molecular flexibility index (Phi) is 2.76. The number of aromatic amines is 1. The van der Waals surface area contributed by atoms with Gasteiger partial charge in [0.1, 0.15) is 5.69 Å². The molecule has 0 aliphatic carbocycles. The molecule has 0 unspecified atom stereocenters. The van der Waals surface area contributed by atoms with E-state index in [1.54, 1.807) is 18.3 Å². The molecule has 0 aliphatic heterocycles. The first-order valence-corrected chi connectivity index (χ1v) is 6.16. The van der Waals surface area contributed by atoms with Crippen LogP contribution in [-0.4, -0.2) is 25.4 Å². The minimum atomic E-state index is -0.337. The van der Waals surface area contributed by atoms with E-state index >= 15 is 0 Å². The molecule has 0 fully saturated rings. The number of nitrogen functional groups attached to an aromatic ring is 1. The van der Waals surface area contributed by atoms with Crippen LogP contribution in [0.2, 0.25) is 0 Å². The van der Waals surface area contributed by atoms with Crippen LogP contribution < -0.4 is 11.3 Å². The molecule has 3 aromatic heterocycles. The molecule has 0 aromatic carbocycles. The van der Waals surface area contributed by atoms with Crippen molar-refractivity contribution < 1.29 is 0 Å². The van der Waals surface area contributed by atoms with Crippen LogP contribution in [0.1, 0.15) is 0 Å². The van der Waals surface area contributed by atoms with Gasteiger partial charge >= 0.3 is 0 Å². The third-order valence-electron chi connectivity index (χ3n) is 2.40. The van der Waals surface area contributed by atoms with E-state index in [0.29, 0.717) is 27.1 Å². The quantitative estimate of drug-likeness (QED) is 0.718. The van der Waals surface area contributed by atoms with Gasteiger partial charge in [-0.1, -0.05) is 17.4 Å². The predicted octanol–water partition coefficient (Wildman–Crippen LogP) is 0.933. The second-order valence-electron chi connectivity index (χ2n) is 3.66. The number of pyridine rings is 1. The molecule has 0 saturated heterocycles. The van der Waals surface area contributed by atoms with Gasteiger partial charge in [-0.3, -0.25) is 9.78 Å². The lowest BCUT2D eigenvalue weighted by atomic mass is 10.2. The van der Waals surface area contributed by atoms with Gasteiger partial charge in [0.25, 0.3) is 5.56 Å². The van der Waals surface area contributed by atoms with E-state index in [4.69, 9.17) is 5.73 Å². The topological polar surface area (TPSA) is 110 Å². The van der Waals surface area contributed by atoms with E-state index in [9.17, 15) is 4.79 Å². The lowest BCUT2D eigenvalue weighted by molar-refractivity contribution is 0.986. The molecule has 3 aromatic rings. The van der Waals surface area contributed by atoms with E-state index in [2.05, 4.69) is 25.4 Å². The lowest BCUT2D eigenvalue weighted by Crippen LogP contribution is -2.11. The Morgan fingerprint density at radius 3 is 2.79 bits per heavy atom. The molecule has 94 valence electrons. The third-order valence-corrected chi connectivity index (χ3v) is 3.19. The maximum absolute atomic E-state index is 11.8. The number of anilines is 1. The Hall–Kier alpha value is -2.61. The monoisotopic (exact) mass is 272 g/mol. The van der Waals surface area contributed by atoms with Crippen LogP contribution in [0, 0.1) is 0 Å². The number of rotatable bonds is 2. The van der Waals surface area contributed by atoms with Crippen LogP contribution in [0.3, 0.4) is 0 Å². The SMILES string of the molecule is Nc1nnc(-c2cc(-c3ccccn3)n[nH]c2=O)s1. The number of nitrogens with one attached hydrogen (secondary N) is 1. The van der Waals surface area contributed by atoms with Gasteiger partial charge in [0.15, 0.2) is 5.01 Å². The molecule has 0 spiro atoms. The molecule has 8 heteroatoms. The summed E-state index contributed by atoms with van der Waals surface area (Å²) in [5.41, 5.74) is 6.79. The van der Waals surface area contributed by atoms with E-state index in [1.165, 1.54) is 0 Å². The zero-order valence-corrected chi connectivity index (χ0v) is 10.4. The van der Waals surface area contributed by atoms with Gasteiger partial charge < -0.3 is 5.73 Å². The molecule has 0 saturated carbocycles. The van der Waals surface area contributed by atoms with Crippen molar-refractivity contribution in [3.05, 3.63) is 40.8 Å². The van der Waals surface area contributed by atoms with E-state index in [0.717, 1.165) is 11.3 Å². The fourth-order valence-corrected chi connectivity index (χ4v) is 2.18. The van der Waals surface area contributed by atoms with Gasteiger partial charge in [-0.15, -0.1) is 10.2 Å². The molecule has 0 aliphatic rings. The number of aromatic nitrogens is 5. The molecule has 3 N–H and O–H groups in total. The van der Waals surface area contributed by atoms with Crippen LogP contribution in [0.5, 0.6) is 0 Å². The van der Waals surface area contributed by atoms with Gasteiger partial charge in [0, 0.05) is 6.20 Å². The largest absolute Gasteiger partial charge is 0.374 e. The Morgan fingerprint density at radius 1 is 1.21 bits per heavy atom. The van der Waals surface area contributed by atoms with Crippen LogP contribution in [0.4, 0.5) is 5.13 Å². The lowest BCUT2D eigenvalue weighted by Gasteiger charge is -2.00. The summed E-state index contributed by atoms with van der Waals surface area (Å²) in [6, 6.07) is 7.08. The summed E-state index contributed by atoms with van der Waals surface area (Å²) in [5, 5.41) is 14.7. The molecular formula is C11H8N6OS. The first kappa shape index (κ1) is 11.5. The number of nitrogens with zero attached hydrogens (tertiary/aromatic N) is 4. The van der Waals surface area contributed by atoms with Crippen LogP contribution in [0.25, 0.3) is 22.0 Å². The Morgan fingerprint density at radius 2 is 2.11 bits per heavy atom. The van der Waals surface area contributed by atoms with Crippen molar-refractivity contribution in [3.8, 4) is 22.0 Å². The number of hydrogen-bond donors (Lipinski definition) is 2. The summed E-state index contributed by atoms with van der Waals surface area (Å²) in [4.78, 5) is 15.9. The second kappa shape index (κ2) is 4.58. The average molecular weight is 272 g/mol. The number of hydrogen-bond acceptors (Lipinski definition) is 7. The summed E-state index contributed by atoms with van der Waals surface area (Å²) < 4.78 is 0. The van der Waals surface area contributed by atoms with E-state index in [1.807, 2.05) is 12.1 Å². The normalized spacial score (nSPS) is 10.5. The summed E-state index contributed by atoms with van der Waals surface area (Å²) in [5.74, 6) is 0. The molecule has 0 bridgehead atoms. The number of H-pyrrole nitrogens is 1. The maximum Gasteiger partial charge on any atom is 0.274 e. The highest BCUT2D eigenvalue weighted by molar-refractivity contribution is 7.18. The zero-order chi connectivity index (χ0) is 13.2. The molecule has 0 radical (unpaired) electrons. The van der Waals surface area contributed by atoms with Crippen molar-refractivity contribution in [2.45, 2.75) is 0 Å². The predicted molar refractivity (Wildman–Crippen MR) is 71.4 cm³/mol. The third kappa shape index (κ3) is 2.20. The van der Waals surface area contributed by atoms with Gasteiger partial charge in [0.2, 0.25) is 5.13 Å². The Bertz CT molecular complexity index is 766. The minimum absolute atomic E-state index is 0.311. The highest BCUT2D eigenvalue weighted by Gasteiger charge is 2.12. The first-order chi connectivity index (χ1) is 9.24.